The topological polar surface area (TPSA) is 68.1 Å². The lowest BCUT2D eigenvalue weighted by Gasteiger charge is -2.40. The van der Waals surface area contributed by atoms with Crippen molar-refractivity contribution in [2.75, 3.05) is 5.32 Å². The van der Waals surface area contributed by atoms with E-state index < -0.39 is 0 Å². The normalized spacial score (nSPS) is 16.7. The minimum atomic E-state index is -0.367. The van der Waals surface area contributed by atoms with Crippen LogP contribution in [0.2, 0.25) is 0 Å². The Labute approximate surface area is 117 Å². The third-order valence-corrected chi connectivity index (χ3v) is 4.02. The Morgan fingerprint density at radius 2 is 2.10 bits per heavy atom. The van der Waals surface area contributed by atoms with E-state index in [0.29, 0.717) is 0 Å². The highest BCUT2D eigenvalue weighted by Crippen LogP contribution is 2.37. The maximum Gasteiger partial charge on any atom is 0.270 e. The second-order valence-electron chi connectivity index (χ2n) is 5.81. The molecule has 0 radical (unpaired) electrons. The van der Waals surface area contributed by atoms with Gasteiger partial charge in [0.2, 0.25) is 0 Å². The highest BCUT2D eigenvalue weighted by Gasteiger charge is 2.32. The number of hydrogen-bond donors (Lipinski definition) is 1. The van der Waals surface area contributed by atoms with Crippen LogP contribution in [0.3, 0.4) is 0 Å². The van der Waals surface area contributed by atoms with Crippen LogP contribution < -0.4 is 5.32 Å². The van der Waals surface area contributed by atoms with Crippen LogP contribution >= 0.6 is 0 Å². The predicted molar refractivity (Wildman–Crippen MR) is 79.0 cm³/mol. The number of benzene rings is 1. The van der Waals surface area contributed by atoms with Crippen molar-refractivity contribution in [3.63, 3.8) is 0 Å². The number of nitrogens with zero attached hydrogens (tertiary/aromatic N) is 2. The van der Waals surface area contributed by atoms with Crippen molar-refractivity contribution < 1.29 is 4.92 Å². The van der Waals surface area contributed by atoms with Gasteiger partial charge in [0, 0.05) is 34.4 Å². The van der Waals surface area contributed by atoms with Gasteiger partial charge in [0.15, 0.2) is 0 Å². The largest absolute Gasteiger partial charge is 0.379 e. The molecule has 0 unspecified atom stereocenters. The molecule has 0 amide bonds. The molecular weight excluding hydrogens is 254 g/mol. The summed E-state index contributed by atoms with van der Waals surface area (Å²) in [6.45, 7) is 4.13. The highest BCUT2D eigenvalue weighted by molar-refractivity contribution is 5.93. The van der Waals surface area contributed by atoms with Crippen LogP contribution in [0.1, 0.15) is 31.9 Å². The first kappa shape index (κ1) is 12.8. The Bertz CT molecular complexity index is 693. The van der Waals surface area contributed by atoms with E-state index in [2.05, 4.69) is 17.2 Å². The summed E-state index contributed by atoms with van der Waals surface area (Å²) in [7, 11) is 0. The summed E-state index contributed by atoms with van der Waals surface area (Å²) in [6, 6.07) is 6.79. The van der Waals surface area contributed by atoms with Crippen molar-refractivity contribution in [1.29, 1.82) is 0 Å². The molecule has 1 aromatic carbocycles. The number of aromatic nitrogens is 1. The maximum absolute atomic E-state index is 10.9. The summed E-state index contributed by atoms with van der Waals surface area (Å²) >= 11 is 0. The van der Waals surface area contributed by atoms with Gasteiger partial charge in [-0.3, -0.25) is 15.1 Å². The predicted octanol–water partition coefficient (Wildman–Crippen LogP) is 3.81. The van der Waals surface area contributed by atoms with Gasteiger partial charge in [-0.05, 0) is 45.2 Å². The van der Waals surface area contributed by atoms with E-state index >= 15 is 0 Å². The molecule has 1 N–H and O–H groups in total. The van der Waals surface area contributed by atoms with E-state index in [-0.39, 0.29) is 16.1 Å². The Balaban J connectivity index is 2.12. The smallest absolute Gasteiger partial charge is 0.270 e. The lowest BCUT2D eigenvalue weighted by atomic mass is 9.78. The first-order valence-corrected chi connectivity index (χ1v) is 6.81. The molecule has 5 nitrogen and oxygen atoms in total. The van der Waals surface area contributed by atoms with Crippen LogP contribution in [0.25, 0.3) is 10.9 Å². The Kier molecular flexibility index (Phi) is 2.85. The molecular formula is C15H17N3O2. The van der Waals surface area contributed by atoms with Gasteiger partial charge in [-0.25, -0.2) is 0 Å². The van der Waals surface area contributed by atoms with Crippen molar-refractivity contribution in [3.8, 4) is 0 Å². The van der Waals surface area contributed by atoms with Crippen molar-refractivity contribution in [2.24, 2.45) is 0 Å². The molecule has 0 atom stereocenters. The summed E-state index contributed by atoms with van der Waals surface area (Å²) < 4.78 is 0. The van der Waals surface area contributed by atoms with Gasteiger partial charge in [0.25, 0.3) is 5.69 Å². The zero-order valence-corrected chi connectivity index (χ0v) is 11.6. The van der Waals surface area contributed by atoms with Crippen molar-refractivity contribution in [3.05, 3.63) is 40.1 Å². The van der Waals surface area contributed by atoms with Crippen LogP contribution in [-0.4, -0.2) is 15.4 Å². The minimum Gasteiger partial charge on any atom is -0.379 e. The summed E-state index contributed by atoms with van der Waals surface area (Å²) in [5.41, 5.74) is 2.85. The number of fused-ring (bicyclic) bond motifs is 1. The van der Waals surface area contributed by atoms with E-state index in [9.17, 15) is 10.1 Å². The molecule has 1 aliphatic carbocycles. The third kappa shape index (κ3) is 2.19. The third-order valence-electron chi connectivity index (χ3n) is 4.02. The average Bonchev–Trinajstić information content (AvgIpc) is 2.36. The second kappa shape index (κ2) is 4.44. The number of nitro groups is 1. The number of nitro benzene ring substituents is 1. The monoisotopic (exact) mass is 271 g/mol. The molecule has 0 aliphatic heterocycles. The SMILES string of the molecule is Cc1cc(NC2(C)CCC2)c2cc([N+](=O)[O-])ccc2n1. The molecule has 0 saturated heterocycles. The number of aryl methyl sites for hydroxylation is 1. The van der Waals surface area contributed by atoms with Gasteiger partial charge >= 0.3 is 0 Å². The first-order valence-electron chi connectivity index (χ1n) is 6.81. The van der Waals surface area contributed by atoms with Crippen LogP contribution in [0.4, 0.5) is 11.4 Å². The molecule has 1 heterocycles. The number of anilines is 1. The first-order chi connectivity index (χ1) is 9.47. The maximum atomic E-state index is 10.9. The summed E-state index contributed by atoms with van der Waals surface area (Å²) in [5.74, 6) is 0. The average molecular weight is 271 g/mol. The number of pyridine rings is 1. The van der Waals surface area contributed by atoms with E-state index in [0.717, 1.165) is 35.1 Å². The van der Waals surface area contributed by atoms with Crippen LogP contribution in [0, 0.1) is 17.0 Å². The van der Waals surface area contributed by atoms with Gasteiger partial charge < -0.3 is 5.32 Å². The highest BCUT2D eigenvalue weighted by atomic mass is 16.6. The van der Waals surface area contributed by atoms with Crippen LogP contribution in [-0.2, 0) is 0 Å². The molecule has 1 saturated carbocycles. The summed E-state index contributed by atoms with van der Waals surface area (Å²) in [6.07, 6.45) is 3.49. The van der Waals surface area contributed by atoms with Gasteiger partial charge in [-0.1, -0.05) is 0 Å². The molecule has 20 heavy (non-hydrogen) atoms. The summed E-state index contributed by atoms with van der Waals surface area (Å²) in [5, 5.41) is 15.3. The zero-order chi connectivity index (χ0) is 14.3. The fourth-order valence-corrected chi connectivity index (χ4v) is 2.72. The van der Waals surface area contributed by atoms with Gasteiger partial charge in [-0.2, -0.15) is 0 Å². The number of non-ortho nitro benzene ring substituents is 1. The second-order valence-corrected chi connectivity index (χ2v) is 5.81. The minimum absolute atomic E-state index is 0.102. The van der Waals surface area contributed by atoms with Crippen molar-refractivity contribution in [2.45, 2.75) is 38.6 Å². The van der Waals surface area contributed by atoms with Gasteiger partial charge in [-0.15, -0.1) is 0 Å². The van der Waals surface area contributed by atoms with Crippen LogP contribution in [0.5, 0.6) is 0 Å². The zero-order valence-electron chi connectivity index (χ0n) is 11.6. The van der Waals surface area contributed by atoms with Crippen LogP contribution in [0.15, 0.2) is 24.3 Å². The van der Waals surface area contributed by atoms with Gasteiger partial charge in [0.1, 0.15) is 0 Å². The molecule has 3 rings (SSSR count). The molecule has 5 heteroatoms. The number of rotatable bonds is 3. The molecule has 1 fully saturated rings. The lowest BCUT2D eigenvalue weighted by Crippen LogP contribution is -2.41. The quantitative estimate of drug-likeness (QED) is 0.681. The van der Waals surface area contributed by atoms with E-state index in [4.69, 9.17) is 0 Å². The van der Waals surface area contributed by atoms with Crippen molar-refractivity contribution in [1.82, 2.24) is 4.98 Å². The van der Waals surface area contributed by atoms with Crippen molar-refractivity contribution >= 4 is 22.3 Å². The number of nitrogens with one attached hydrogen (secondary N) is 1. The molecule has 1 aromatic heterocycles. The van der Waals surface area contributed by atoms with E-state index in [1.54, 1.807) is 12.1 Å². The fraction of sp³-hybridized carbons (Fsp3) is 0.400. The molecule has 0 bridgehead atoms. The molecule has 2 aromatic rings. The number of hydrogen-bond acceptors (Lipinski definition) is 4. The van der Waals surface area contributed by atoms with E-state index in [1.807, 2.05) is 13.0 Å². The lowest BCUT2D eigenvalue weighted by molar-refractivity contribution is -0.384. The fourth-order valence-electron chi connectivity index (χ4n) is 2.72. The molecule has 1 aliphatic rings. The van der Waals surface area contributed by atoms with Gasteiger partial charge in [0.05, 0.1) is 10.4 Å². The Morgan fingerprint density at radius 1 is 1.35 bits per heavy atom. The Morgan fingerprint density at radius 3 is 2.70 bits per heavy atom. The molecule has 0 spiro atoms. The summed E-state index contributed by atoms with van der Waals surface area (Å²) in [4.78, 5) is 15.0. The Hall–Kier alpha value is -2.17. The molecule has 104 valence electrons. The standard InChI is InChI=1S/C15H17N3O2/c1-10-8-14(17-15(2)6-3-7-15)12-9-11(18(19)20)4-5-13(12)16-10/h4-5,8-9H,3,6-7H2,1-2H3,(H,16,17). The van der Waals surface area contributed by atoms with E-state index in [1.165, 1.54) is 12.5 Å².